The lowest BCUT2D eigenvalue weighted by Gasteiger charge is -1.99. The Hall–Kier alpha value is -1.94. The second kappa shape index (κ2) is 5.59. The van der Waals surface area contributed by atoms with E-state index in [-0.39, 0.29) is 11.8 Å². The van der Waals surface area contributed by atoms with Crippen LogP contribution in [0.15, 0.2) is 47.6 Å². The van der Waals surface area contributed by atoms with Crippen molar-refractivity contribution in [2.75, 3.05) is 0 Å². The Balaban J connectivity index is 1.53. The molecule has 0 saturated heterocycles. The number of benzene rings is 1. The smallest absolute Gasteiger partial charge is 0.243 e. The van der Waals surface area contributed by atoms with E-state index >= 15 is 0 Å². The van der Waals surface area contributed by atoms with Crippen LogP contribution in [0.4, 0.5) is 0 Å². The molecule has 0 aliphatic heterocycles. The van der Waals surface area contributed by atoms with Gasteiger partial charge in [0.05, 0.1) is 6.21 Å². The Morgan fingerprint density at radius 1 is 1.30 bits per heavy atom. The summed E-state index contributed by atoms with van der Waals surface area (Å²) in [6.07, 6.45) is 2.62. The number of nitrogens with one attached hydrogen (secondary N) is 1. The maximum Gasteiger partial charge on any atom is 0.243 e. The van der Waals surface area contributed by atoms with Crippen LogP contribution >= 0.6 is 11.3 Å². The van der Waals surface area contributed by atoms with Gasteiger partial charge in [0.2, 0.25) is 5.91 Å². The van der Waals surface area contributed by atoms with Gasteiger partial charge in [-0.2, -0.15) is 5.10 Å². The zero-order valence-electron chi connectivity index (χ0n) is 11.2. The van der Waals surface area contributed by atoms with Gasteiger partial charge in [-0.05, 0) is 37.0 Å². The van der Waals surface area contributed by atoms with Crippen molar-refractivity contribution in [2.45, 2.75) is 19.3 Å². The van der Waals surface area contributed by atoms with Gasteiger partial charge >= 0.3 is 0 Å². The highest BCUT2D eigenvalue weighted by molar-refractivity contribution is 7.13. The Morgan fingerprint density at radius 2 is 2.10 bits per heavy atom. The molecule has 102 valence electrons. The van der Waals surface area contributed by atoms with Gasteiger partial charge < -0.3 is 0 Å². The maximum atomic E-state index is 12.0. The van der Waals surface area contributed by atoms with Gasteiger partial charge in [-0.15, -0.1) is 11.3 Å². The van der Waals surface area contributed by atoms with E-state index in [0.717, 1.165) is 11.3 Å². The summed E-state index contributed by atoms with van der Waals surface area (Å²) in [6, 6.07) is 14.2. The number of aryl methyl sites for hydroxylation is 1. The molecule has 2 atom stereocenters. The van der Waals surface area contributed by atoms with Crippen molar-refractivity contribution in [1.29, 1.82) is 0 Å². The van der Waals surface area contributed by atoms with E-state index in [1.165, 1.54) is 10.4 Å². The third-order valence-electron chi connectivity index (χ3n) is 3.48. The Morgan fingerprint density at radius 3 is 2.80 bits per heavy atom. The zero-order valence-corrected chi connectivity index (χ0v) is 12.1. The van der Waals surface area contributed by atoms with Gasteiger partial charge in [-0.1, -0.05) is 30.3 Å². The summed E-state index contributed by atoms with van der Waals surface area (Å²) in [5, 5.41) is 4.03. The molecule has 1 aliphatic rings. The highest BCUT2D eigenvalue weighted by Crippen LogP contribution is 2.47. The van der Waals surface area contributed by atoms with Crippen LogP contribution in [-0.2, 0) is 4.79 Å². The van der Waals surface area contributed by atoms with Crippen LogP contribution < -0.4 is 5.43 Å². The summed E-state index contributed by atoms with van der Waals surface area (Å²) in [6.45, 7) is 2.05. The van der Waals surface area contributed by atoms with Crippen molar-refractivity contribution in [2.24, 2.45) is 11.0 Å². The first-order chi connectivity index (χ1) is 9.74. The first kappa shape index (κ1) is 13.1. The summed E-state index contributed by atoms with van der Waals surface area (Å²) in [7, 11) is 0. The fraction of sp³-hybridized carbons (Fsp3) is 0.250. The maximum absolute atomic E-state index is 12.0. The van der Waals surface area contributed by atoms with E-state index in [1.54, 1.807) is 17.6 Å². The molecule has 1 heterocycles. The van der Waals surface area contributed by atoms with Crippen molar-refractivity contribution in [3.8, 4) is 0 Å². The predicted molar refractivity (Wildman–Crippen MR) is 82.1 cm³/mol. The van der Waals surface area contributed by atoms with Crippen LogP contribution in [0.25, 0.3) is 0 Å². The molecule has 1 aliphatic carbocycles. The number of hydrogen-bond acceptors (Lipinski definition) is 3. The van der Waals surface area contributed by atoms with Crippen LogP contribution in [0.1, 0.15) is 27.7 Å². The lowest BCUT2D eigenvalue weighted by Crippen LogP contribution is -2.19. The van der Waals surface area contributed by atoms with Gasteiger partial charge in [0, 0.05) is 15.7 Å². The molecule has 1 aromatic heterocycles. The third kappa shape index (κ3) is 2.96. The Kier molecular flexibility index (Phi) is 3.65. The van der Waals surface area contributed by atoms with E-state index < -0.39 is 0 Å². The normalized spacial score (nSPS) is 21.1. The van der Waals surface area contributed by atoms with Crippen molar-refractivity contribution in [3.05, 3.63) is 57.8 Å². The van der Waals surface area contributed by atoms with E-state index in [1.807, 2.05) is 30.3 Å². The van der Waals surface area contributed by atoms with E-state index in [0.29, 0.717) is 5.92 Å². The number of hydrogen-bond donors (Lipinski definition) is 1. The van der Waals surface area contributed by atoms with Crippen molar-refractivity contribution in [3.63, 3.8) is 0 Å². The molecule has 3 nitrogen and oxygen atoms in total. The molecule has 0 bridgehead atoms. The molecule has 3 rings (SSSR count). The lowest BCUT2D eigenvalue weighted by molar-refractivity contribution is -0.122. The van der Waals surface area contributed by atoms with Gasteiger partial charge in [-0.3, -0.25) is 4.79 Å². The van der Waals surface area contributed by atoms with Crippen LogP contribution in [0.2, 0.25) is 0 Å². The third-order valence-corrected chi connectivity index (χ3v) is 4.42. The summed E-state index contributed by atoms with van der Waals surface area (Å²) in [4.78, 5) is 14.3. The molecule has 0 radical (unpaired) electrons. The molecular weight excluding hydrogens is 268 g/mol. The number of carbonyl (C=O) groups is 1. The SMILES string of the molecule is Cc1ccc(/C=N\NC(=O)[C@@H]2C[C@H]2c2ccccc2)s1. The van der Waals surface area contributed by atoms with Crippen LogP contribution in [-0.4, -0.2) is 12.1 Å². The van der Waals surface area contributed by atoms with Crippen LogP contribution in [0.5, 0.6) is 0 Å². The summed E-state index contributed by atoms with van der Waals surface area (Å²) < 4.78 is 0. The van der Waals surface area contributed by atoms with Crippen molar-refractivity contribution < 1.29 is 4.79 Å². The van der Waals surface area contributed by atoms with Crippen LogP contribution in [0, 0.1) is 12.8 Å². The number of rotatable bonds is 4. The Labute approximate surface area is 122 Å². The molecule has 20 heavy (non-hydrogen) atoms. The minimum Gasteiger partial charge on any atom is -0.273 e. The minimum atomic E-state index is 0.0170. The largest absolute Gasteiger partial charge is 0.273 e. The second-order valence-electron chi connectivity index (χ2n) is 5.04. The van der Waals surface area contributed by atoms with Gasteiger partial charge in [0.1, 0.15) is 0 Å². The number of hydrazone groups is 1. The number of nitrogens with zero attached hydrogens (tertiary/aromatic N) is 1. The molecule has 1 aromatic carbocycles. The molecule has 1 N–H and O–H groups in total. The quantitative estimate of drug-likeness (QED) is 0.679. The molecule has 4 heteroatoms. The van der Waals surface area contributed by atoms with E-state index in [2.05, 4.69) is 29.6 Å². The molecular formula is C16H16N2OS. The molecule has 1 saturated carbocycles. The molecule has 1 fully saturated rings. The summed E-state index contributed by atoms with van der Waals surface area (Å²) in [5.41, 5.74) is 3.88. The van der Waals surface area contributed by atoms with E-state index in [9.17, 15) is 4.79 Å². The minimum absolute atomic E-state index is 0.0170. The molecule has 0 unspecified atom stereocenters. The monoisotopic (exact) mass is 284 g/mol. The second-order valence-corrected chi connectivity index (χ2v) is 6.36. The lowest BCUT2D eigenvalue weighted by atomic mass is 10.1. The summed E-state index contributed by atoms with van der Waals surface area (Å²) >= 11 is 1.66. The average molecular weight is 284 g/mol. The number of amides is 1. The fourth-order valence-corrected chi connectivity index (χ4v) is 3.07. The fourth-order valence-electron chi connectivity index (χ4n) is 2.32. The van der Waals surface area contributed by atoms with Crippen LogP contribution in [0.3, 0.4) is 0 Å². The number of carbonyl (C=O) groups excluding carboxylic acids is 1. The first-order valence-electron chi connectivity index (χ1n) is 6.68. The Bertz CT molecular complexity index is 633. The van der Waals surface area contributed by atoms with Crippen molar-refractivity contribution >= 4 is 23.5 Å². The highest BCUT2D eigenvalue weighted by Gasteiger charge is 2.43. The summed E-state index contributed by atoms with van der Waals surface area (Å²) in [5.74, 6) is 0.443. The predicted octanol–water partition coefficient (Wildman–Crippen LogP) is 3.31. The highest BCUT2D eigenvalue weighted by atomic mass is 32.1. The van der Waals surface area contributed by atoms with Gasteiger partial charge in [0.15, 0.2) is 0 Å². The zero-order chi connectivity index (χ0) is 13.9. The van der Waals surface area contributed by atoms with Crippen molar-refractivity contribution in [1.82, 2.24) is 5.43 Å². The number of thiophene rings is 1. The average Bonchev–Trinajstić information content (AvgIpc) is 3.17. The molecule has 2 aromatic rings. The standard InChI is InChI=1S/C16H16N2OS/c1-11-7-8-13(20-11)10-17-18-16(19)15-9-14(15)12-5-3-2-4-6-12/h2-8,10,14-15H,9H2,1H3,(H,18,19)/b17-10-/t14-,15+/m0/s1. The van der Waals surface area contributed by atoms with Gasteiger partial charge in [-0.25, -0.2) is 5.43 Å². The van der Waals surface area contributed by atoms with Gasteiger partial charge in [0.25, 0.3) is 0 Å². The topological polar surface area (TPSA) is 41.5 Å². The molecule has 0 spiro atoms. The molecule has 1 amide bonds. The van der Waals surface area contributed by atoms with E-state index in [4.69, 9.17) is 0 Å². The first-order valence-corrected chi connectivity index (χ1v) is 7.50.